The zero-order valence-corrected chi connectivity index (χ0v) is 16.5. The molecule has 0 unspecified atom stereocenters. The van der Waals surface area contributed by atoms with Crippen molar-refractivity contribution in [3.8, 4) is 0 Å². The van der Waals surface area contributed by atoms with Gasteiger partial charge in [0.1, 0.15) is 0 Å². The maximum Gasteiger partial charge on any atom is 0.252 e. The van der Waals surface area contributed by atoms with Crippen molar-refractivity contribution in [2.75, 3.05) is 0 Å². The minimum Gasteiger partial charge on any atom is -0.449 e. The van der Waals surface area contributed by atoms with E-state index in [2.05, 4.69) is 72.8 Å². The maximum absolute atomic E-state index is 6.54. The summed E-state index contributed by atoms with van der Waals surface area (Å²) in [7, 11) is 0. The van der Waals surface area contributed by atoms with Crippen molar-refractivity contribution < 1.29 is 9.47 Å². The van der Waals surface area contributed by atoms with Gasteiger partial charge in [0.2, 0.25) is 0 Å². The lowest BCUT2D eigenvalue weighted by molar-refractivity contribution is -0.0189. The van der Waals surface area contributed by atoms with Crippen LogP contribution in [0.4, 0.5) is 0 Å². The predicted molar refractivity (Wildman–Crippen MR) is 120 cm³/mol. The van der Waals surface area contributed by atoms with E-state index in [1.807, 2.05) is 48.5 Å². The zero-order chi connectivity index (χ0) is 20.2. The van der Waals surface area contributed by atoms with Gasteiger partial charge in [-0.05, 0) is 11.1 Å². The van der Waals surface area contributed by atoms with E-state index in [-0.39, 0.29) is 5.92 Å². The molecule has 0 saturated carbocycles. The largest absolute Gasteiger partial charge is 0.449 e. The van der Waals surface area contributed by atoms with Crippen molar-refractivity contribution >= 4 is 11.5 Å². The van der Waals surface area contributed by atoms with Crippen LogP contribution in [0.2, 0.25) is 0 Å². The van der Waals surface area contributed by atoms with Crippen molar-refractivity contribution in [2.45, 2.75) is 12.2 Å². The van der Waals surface area contributed by atoms with Crippen LogP contribution in [0.25, 0.3) is 11.5 Å². The third kappa shape index (κ3) is 3.60. The molecule has 0 N–H and O–H groups in total. The van der Waals surface area contributed by atoms with Gasteiger partial charge < -0.3 is 9.47 Å². The first-order valence-corrected chi connectivity index (χ1v) is 10.2. The molecule has 0 fully saturated rings. The second kappa shape index (κ2) is 8.30. The Morgan fingerprint density at radius 3 is 1.13 bits per heavy atom. The van der Waals surface area contributed by atoms with E-state index in [1.54, 1.807) is 0 Å². The van der Waals surface area contributed by atoms with Crippen LogP contribution < -0.4 is 0 Å². The Bertz CT molecular complexity index is 1030. The second-order valence-corrected chi connectivity index (χ2v) is 7.29. The van der Waals surface area contributed by atoms with Crippen LogP contribution in [0.3, 0.4) is 0 Å². The van der Waals surface area contributed by atoms with E-state index in [0.29, 0.717) is 0 Å². The molecule has 2 heteroatoms. The van der Waals surface area contributed by atoms with Crippen LogP contribution >= 0.6 is 0 Å². The predicted octanol–water partition coefficient (Wildman–Crippen LogP) is 6.72. The molecule has 1 aliphatic rings. The average molecular weight is 390 g/mol. The Hall–Kier alpha value is -3.78. The van der Waals surface area contributed by atoms with Crippen molar-refractivity contribution in [3.63, 3.8) is 0 Å². The van der Waals surface area contributed by atoms with E-state index in [1.165, 1.54) is 0 Å². The normalized spacial score (nSPS) is 13.9. The Balaban J connectivity index is 1.58. The van der Waals surface area contributed by atoms with E-state index < -0.39 is 6.29 Å². The maximum atomic E-state index is 6.54. The standard InChI is InChI=1S/C28H22O2/c1-5-13-21(14-6-1)25(22-15-7-2-8-16-22)28-29-26(23-17-9-3-10-18-23)27(30-28)24-19-11-4-12-20-24/h1-20,25,28H. The van der Waals surface area contributed by atoms with Crippen molar-refractivity contribution in [2.24, 2.45) is 0 Å². The number of ether oxygens (including phenoxy) is 2. The van der Waals surface area contributed by atoms with Gasteiger partial charge in [0.25, 0.3) is 6.29 Å². The minimum absolute atomic E-state index is 0.0488. The fourth-order valence-electron chi connectivity index (χ4n) is 3.90. The van der Waals surface area contributed by atoms with Gasteiger partial charge in [-0.3, -0.25) is 0 Å². The summed E-state index contributed by atoms with van der Waals surface area (Å²) in [5.74, 6) is 1.51. The Morgan fingerprint density at radius 2 is 0.767 bits per heavy atom. The first-order chi connectivity index (χ1) is 14.9. The smallest absolute Gasteiger partial charge is 0.252 e. The average Bonchev–Trinajstić information content (AvgIpc) is 3.27. The van der Waals surface area contributed by atoms with Gasteiger partial charge >= 0.3 is 0 Å². The molecule has 146 valence electrons. The van der Waals surface area contributed by atoms with Crippen LogP contribution in [-0.4, -0.2) is 6.29 Å². The molecule has 30 heavy (non-hydrogen) atoms. The van der Waals surface area contributed by atoms with Gasteiger partial charge in [-0.15, -0.1) is 0 Å². The summed E-state index contributed by atoms with van der Waals surface area (Å²) in [6.45, 7) is 0. The fraction of sp³-hybridized carbons (Fsp3) is 0.0714. The summed E-state index contributed by atoms with van der Waals surface area (Å²) < 4.78 is 13.1. The van der Waals surface area contributed by atoms with Gasteiger partial charge in [0.05, 0.1) is 5.92 Å². The summed E-state index contributed by atoms with van der Waals surface area (Å²) in [6.07, 6.45) is -0.458. The Morgan fingerprint density at radius 1 is 0.433 bits per heavy atom. The van der Waals surface area contributed by atoms with E-state index in [0.717, 1.165) is 33.8 Å². The molecule has 1 heterocycles. The molecule has 5 rings (SSSR count). The molecule has 2 nitrogen and oxygen atoms in total. The van der Waals surface area contributed by atoms with Gasteiger partial charge in [-0.25, -0.2) is 0 Å². The highest BCUT2D eigenvalue weighted by molar-refractivity contribution is 5.85. The molecule has 4 aromatic carbocycles. The quantitative estimate of drug-likeness (QED) is 0.377. The van der Waals surface area contributed by atoms with Crippen LogP contribution in [-0.2, 0) is 9.47 Å². The summed E-state index contributed by atoms with van der Waals surface area (Å²) in [4.78, 5) is 0. The molecular weight excluding hydrogens is 368 g/mol. The molecule has 4 aromatic rings. The molecule has 0 aliphatic carbocycles. The van der Waals surface area contributed by atoms with Crippen LogP contribution in [0.1, 0.15) is 28.2 Å². The monoisotopic (exact) mass is 390 g/mol. The van der Waals surface area contributed by atoms with Crippen molar-refractivity contribution in [1.29, 1.82) is 0 Å². The van der Waals surface area contributed by atoms with Gasteiger partial charge in [0.15, 0.2) is 11.5 Å². The highest BCUT2D eigenvalue weighted by atomic mass is 16.7. The van der Waals surface area contributed by atoms with Gasteiger partial charge in [-0.2, -0.15) is 0 Å². The fourth-order valence-corrected chi connectivity index (χ4v) is 3.90. The summed E-state index contributed by atoms with van der Waals surface area (Å²) in [6, 6.07) is 41.2. The molecule has 1 aliphatic heterocycles. The first kappa shape index (κ1) is 18.3. The van der Waals surface area contributed by atoms with Crippen LogP contribution in [0, 0.1) is 0 Å². The molecule has 0 bridgehead atoms. The molecule has 0 aromatic heterocycles. The zero-order valence-electron chi connectivity index (χ0n) is 16.5. The summed E-state index contributed by atoms with van der Waals surface area (Å²) >= 11 is 0. The summed E-state index contributed by atoms with van der Waals surface area (Å²) in [5.41, 5.74) is 4.35. The molecule has 0 amide bonds. The number of hydrogen-bond donors (Lipinski definition) is 0. The molecule has 0 saturated heterocycles. The number of benzene rings is 4. The Labute approximate surface area is 177 Å². The third-order valence-corrected chi connectivity index (χ3v) is 5.34. The summed E-state index contributed by atoms with van der Waals surface area (Å²) in [5, 5.41) is 0. The lowest BCUT2D eigenvalue weighted by Crippen LogP contribution is -2.21. The van der Waals surface area contributed by atoms with Crippen molar-refractivity contribution in [1.82, 2.24) is 0 Å². The SMILES string of the molecule is c1ccc(C2=C(c3ccccc3)OC(C(c3ccccc3)c3ccccc3)O2)cc1. The van der Waals surface area contributed by atoms with E-state index in [4.69, 9.17) is 9.47 Å². The molecule has 0 radical (unpaired) electrons. The molecule has 0 atom stereocenters. The highest BCUT2D eigenvalue weighted by Gasteiger charge is 2.37. The first-order valence-electron chi connectivity index (χ1n) is 10.2. The van der Waals surface area contributed by atoms with Crippen LogP contribution in [0.15, 0.2) is 121 Å². The van der Waals surface area contributed by atoms with Gasteiger partial charge in [0, 0.05) is 11.1 Å². The lowest BCUT2D eigenvalue weighted by Gasteiger charge is -2.24. The Kier molecular flexibility index (Phi) is 5.05. The second-order valence-electron chi connectivity index (χ2n) is 7.29. The lowest BCUT2D eigenvalue weighted by atomic mass is 9.90. The highest BCUT2D eigenvalue weighted by Crippen LogP contribution is 2.43. The minimum atomic E-state index is -0.458. The molecular formula is C28H22O2. The van der Waals surface area contributed by atoms with E-state index in [9.17, 15) is 0 Å². The topological polar surface area (TPSA) is 18.5 Å². The number of rotatable bonds is 5. The van der Waals surface area contributed by atoms with E-state index >= 15 is 0 Å². The number of hydrogen-bond acceptors (Lipinski definition) is 2. The third-order valence-electron chi connectivity index (χ3n) is 5.34. The van der Waals surface area contributed by atoms with Crippen molar-refractivity contribution in [3.05, 3.63) is 144 Å². The molecule has 0 spiro atoms. The van der Waals surface area contributed by atoms with Crippen LogP contribution in [0.5, 0.6) is 0 Å². The van der Waals surface area contributed by atoms with Gasteiger partial charge in [-0.1, -0.05) is 121 Å².